The Morgan fingerprint density at radius 3 is 2.44 bits per heavy atom. The zero-order valence-corrected chi connectivity index (χ0v) is 25.3. The van der Waals surface area contributed by atoms with Crippen LogP contribution < -0.4 is 0 Å². The number of esters is 1. The second-order valence-corrected chi connectivity index (χ2v) is 17.1. The minimum Gasteiger partial charge on any atom is -0.463 e. The fraction of sp³-hybridized carbons (Fsp3) is 0.645. The van der Waals surface area contributed by atoms with Gasteiger partial charge in [-0.15, -0.1) is 0 Å². The van der Waals surface area contributed by atoms with Crippen molar-refractivity contribution >= 4 is 14.3 Å². The van der Waals surface area contributed by atoms with Gasteiger partial charge in [-0.05, 0) is 72.7 Å². The molecule has 1 aliphatic carbocycles. The molecule has 2 atom stereocenters. The lowest BCUT2D eigenvalue weighted by molar-refractivity contribution is -0.137. The van der Waals surface area contributed by atoms with E-state index < -0.39 is 8.32 Å². The quantitative estimate of drug-likeness (QED) is 0.115. The first-order chi connectivity index (χ1) is 16.8. The van der Waals surface area contributed by atoms with Crippen LogP contribution in [0, 0.1) is 17.3 Å². The molecule has 0 fully saturated rings. The van der Waals surface area contributed by atoms with E-state index >= 15 is 0 Å². The van der Waals surface area contributed by atoms with Crippen LogP contribution >= 0.6 is 0 Å². The van der Waals surface area contributed by atoms with Gasteiger partial charge in [0.05, 0.1) is 19.8 Å². The Bertz CT molecular complexity index is 895. The molecular formula is C31H50O4Si. The van der Waals surface area contributed by atoms with Gasteiger partial charge in [0.1, 0.15) is 0 Å². The van der Waals surface area contributed by atoms with Gasteiger partial charge in [-0.1, -0.05) is 83.5 Å². The molecule has 2 rings (SSSR count). The largest absolute Gasteiger partial charge is 0.463 e. The highest BCUT2D eigenvalue weighted by Crippen LogP contribution is 2.52. The lowest BCUT2D eigenvalue weighted by Crippen LogP contribution is -2.42. The molecule has 0 radical (unpaired) electrons. The van der Waals surface area contributed by atoms with Gasteiger partial charge in [0.25, 0.3) is 0 Å². The third kappa shape index (κ3) is 8.42. The number of carbonyl (C=O) groups is 1. The van der Waals surface area contributed by atoms with Crippen LogP contribution in [-0.4, -0.2) is 34.1 Å². The molecule has 36 heavy (non-hydrogen) atoms. The lowest BCUT2D eigenvalue weighted by atomic mass is 9.67. The Hall–Kier alpha value is -1.69. The molecule has 0 aromatic heterocycles. The predicted molar refractivity (Wildman–Crippen MR) is 152 cm³/mol. The van der Waals surface area contributed by atoms with Crippen LogP contribution in [-0.2, 0) is 25.3 Å². The summed E-state index contributed by atoms with van der Waals surface area (Å²) in [6.07, 6.45) is 6.85. The van der Waals surface area contributed by atoms with Gasteiger partial charge in [0.2, 0.25) is 0 Å². The standard InChI is InChI=1S/C31H50O4Si/c1-10-34-29(32)21-26(23-33-22-25-14-12-11-13-15-25)20-27-16-17-28(24(2)3)31(27,7)18-19-35-36(8,9)30(4,5)6/h11-16,21,24,28H,10,17-20,22-23H2,1-9H3/b26-21-/t28-,31+/m1/s1. The number of benzene rings is 1. The number of allylic oxidation sites excluding steroid dienone is 2. The SMILES string of the molecule is CCOC(=O)/C=C(\COCc1ccccc1)CC1=CC[C@H](C(C)C)[C@@]1(C)CCO[Si](C)(C)C(C)(C)C. The molecule has 0 bridgehead atoms. The summed E-state index contributed by atoms with van der Waals surface area (Å²) in [6.45, 7) is 22.5. The molecule has 202 valence electrons. The second kappa shape index (κ2) is 13.2. The van der Waals surface area contributed by atoms with E-state index in [-0.39, 0.29) is 16.4 Å². The first kappa shape index (κ1) is 30.5. The number of rotatable bonds is 13. The van der Waals surface area contributed by atoms with E-state index in [0.29, 0.717) is 31.7 Å². The van der Waals surface area contributed by atoms with Crippen molar-refractivity contribution in [2.75, 3.05) is 19.8 Å². The first-order valence-electron chi connectivity index (χ1n) is 13.6. The molecule has 1 aromatic rings. The summed E-state index contributed by atoms with van der Waals surface area (Å²) in [5.41, 5.74) is 3.53. The fourth-order valence-corrected chi connectivity index (χ4v) is 6.02. The van der Waals surface area contributed by atoms with Gasteiger partial charge >= 0.3 is 5.97 Å². The Kier molecular flexibility index (Phi) is 11.2. The number of hydrogen-bond acceptors (Lipinski definition) is 4. The number of ether oxygens (including phenoxy) is 2. The maximum absolute atomic E-state index is 12.4. The monoisotopic (exact) mass is 514 g/mol. The number of carbonyl (C=O) groups excluding carboxylic acids is 1. The molecule has 5 heteroatoms. The van der Waals surface area contributed by atoms with Gasteiger partial charge in [0.15, 0.2) is 8.32 Å². The summed E-state index contributed by atoms with van der Waals surface area (Å²) in [4.78, 5) is 12.4. The van der Waals surface area contributed by atoms with Crippen LogP contribution in [0.25, 0.3) is 0 Å². The Balaban J connectivity index is 2.18. The van der Waals surface area contributed by atoms with Crippen molar-refractivity contribution < 1.29 is 18.7 Å². The molecule has 0 heterocycles. The van der Waals surface area contributed by atoms with Crippen molar-refractivity contribution in [3.8, 4) is 0 Å². The topological polar surface area (TPSA) is 44.8 Å². The maximum Gasteiger partial charge on any atom is 0.330 e. The molecule has 0 aliphatic heterocycles. The molecule has 0 unspecified atom stereocenters. The van der Waals surface area contributed by atoms with Crippen LogP contribution in [0.2, 0.25) is 18.1 Å². The number of hydrogen-bond donors (Lipinski definition) is 0. The molecule has 1 aromatic carbocycles. The molecule has 0 saturated carbocycles. The highest BCUT2D eigenvalue weighted by atomic mass is 28.4. The maximum atomic E-state index is 12.4. The molecule has 0 N–H and O–H groups in total. The molecule has 0 saturated heterocycles. The molecule has 1 aliphatic rings. The van der Waals surface area contributed by atoms with Crippen molar-refractivity contribution in [3.63, 3.8) is 0 Å². The van der Waals surface area contributed by atoms with E-state index in [9.17, 15) is 4.79 Å². The Labute approximate surface area is 221 Å². The van der Waals surface area contributed by atoms with E-state index in [2.05, 4.69) is 72.8 Å². The van der Waals surface area contributed by atoms with E-state index in [1.54, 1.807) is 6.08 Å². The third-order valence-electron chi connectivity index (χ3n) is 8.29. The highest BCUT2D eigenvalue weighted by molar-refractivity contribution is 6.74. The van der Waals surface area contributed by atoms with Crippen molar-refractivity contribution in [1.82, 2.24) is 0 Å². The van der Waals surface area contributed by atoms with E-state index in [0.717, 1.165) is 37.0 Å². The summed E-state index contributed by atoms with van der Waals surface area (Å²) in [6, 6.07) is 10.1. The summed E-state index contributed by atoms with van der Waals surface area (Å²) >= 11 is 0. The first-order valence-corrected chi connectivity index (χ1v) is 16.5. The molecule has 0 amide bonds. The van der Waals surface area contributed by atoms with Gasteiger partial charge in [0, 0.05) is 12.7 Å². The zero-order valence-electron chi connectivity index (χ0n) is 24.3. The molecular weight excluding hydrogens is 464 g/mol. The van der Waals surface area contributed by atoms with Crippen molar-refractivity contribution in [2.24, 2.45) is 17.3 Å². The van der Waals surface area contributed by atoms with Gasteiger partial charge in [-0.2, -0.15) is 0 Å². The average Bonchev–Trinajstić information content (AvgIpc) is 3.09. The van der Waals surface area contributed by atoms with Crippen molar-refractivity contribution in [2.45, 2.75) is 92.5 Å². The van der Waals surface area contributed by atoms with Crippen LogP contribution in [0.15, 0.2) is 53.6 Å². The van der Waals surface area contributed by atoms with Gasteiger partial charge < -0.3 is 13.9 Å². The minimum absolute atomic E-state index is 0.0315. The average molecular weight is 515 g/mol. The Morgan fingerprint density at radius 2 is 1.86 bits per heavy atom. The van der Waals surface area contributed by atoms with Crippen LogP contribution in [0.5, 0.6) is 0 Å². The van der Waals surface area contributed by atoms with E-state index in [4.69, 9.17) is 13.9 Å². The summed E-state index contributed by atoms with van der Waals surface area (Å²) in [5, 5.41) is 0.200. The fourth-order valence-electron chi connectivity index (χ4n) is 4.98. The van der Waals surface area contributed by atoms with Crippen LogP contribution in [0.4, 0.5) is 0 Å². The van der Waals surface area contributed by atoms with Crippen molar-refractivity contribution in [1.29, 1.82) is 0 Å². The van der Waals surface area contributed by atoms with Gasteiger partial charge in [-0.25, -0.2) is 4.79 Å². The summed E-state index contributed by atoms with van der Waals surface area (Å²) in [7, 11) is -1.81. The summed E-state index contributed by atoms with van der Waals surface area (Å²) in [5.74, 6) is 0.839. The molecule has 4 nitrogen and oxygen atoms in total. The van der Waals surface area contributed by atoms with E-state index in [1.807, 2.05) is 25.1 Å². The normalized spacial score (nSPS) is 21.1. The van der Waals surface area contributed by atoms with Gasteiger partial charge in [-0.3, -0.25) is 0 Å². The molecule has 0 spiro atoms. The second-order valence-electron chi connectivity index (χ2n) is 12.3. The zero-order chi connectivity index (χ0) is 27.0. The minimum atomic E-state index is -1.81. The highest BCUT2D eigenvalue weighted by Gasteiger charge is 2.43. The lowest BCUT2D eigenvalue weighted by Gasteiger charge is -2.41. The smallest absolute Gasteiger partial charge is 0.330 e. The predicted octanol–water partition coefficient (Wildman–Crippen LogP) is 8.10. The Morgan fingerprint density at radius 1 is 1.19 bits per heavy atom. The van der Waals surface area contributed by atoms with E-state index in [1.165, 1.54) is 5.57 Å². The summed E-state index contributed by atoms with van der Waals surface area (Å²) < 4.78 is 17.9. The van der Waals surface area contributed by atoms with Crippen molar-refractivity contribution in [3.05, 3.63) is 59.2 Å². The third-order valence-corrected chi connectivity index (χ3v) is 12.8. The van der Waals surface area contributed by atoms with Crippen LogP contribution in [0.3, 0.4) is 0 Å². The van der Waals surface area contributed by atoms with Crippen LogP contribution in [0.1, 0.15) is 73.3 Å².